The Bertz CT molecular complexity index is 748. The number of halogens is 3. The topological polar surface area (TPSA) is 33.5 Å². The fraction of sp³-hybridized carbons (Fsp3) is 0.250. The smallest absolute Gasteiger partial charge is 0.348 e. The van der Waals surface area contributed by atoms with E-state index >= 15 is 0 Å². The third kappa shape index (κ3) is 6.37. The number of hydrogen-bond donors (Lipinski definition) is 2. The summed E-state index contributed by atoms with van der Waals surface area (Å²) < 4.78 is 37.5. The van der Waals surface area contributed by atoms with Crippen LogP contribution in [0.1, 0.15) is 22.3 Å². The lowest BCUT2D eigenvalue weighted by Crippen LogP contribution is -3.04. The third-order valence-corrected chi connectivity index (χ3v) is 3.71. The van der Waals surface area contributed by atoms with Crippen LogP contribution in [0.4, 0.5) is 13.2 Å². The largest absolute Gasteiger partial charge is 0.416 e. The summed E-state index contributed by atoms with van der Waals surface area (Å²) in [6, 6.07) is 12.7. The van der Waals surface area contributed by atoms with Crippen molar-refractivity contribution in [2.75, 3.05) is 14.1 Å². The zero-order chi connectivity index (χ0) is 19.2. The van der Waals surface area contributed by atoms with Crippen molar-refractivity contribution in [3.8, 4) is 0 Å². The zero-order valence-electron chi connectivity index (χ0n) is 14.7. The molecule has 0 unspecified atom stereocenters. The van der Waals surface area contributed by atoms with Crippen molar-refractivity contribution in [3.63, 3.8) is 0 Å². The molecule has 6 heteroatoms. The van der Waals surface area contributed by atoms with Crippen LogP contribution in [0.5, 0.6) is 0 Å². The molecule has 0 saturated heterocycles. The molecule has 0 aliphatic rings. The molecule has 0 fully saturated rings. The molecule has 0 aromatic heterocycles. The molecule has 0 atom stereocenters. The minimum absolute atomic E-state index is 0.299. The number of amides is 1. The van der Waals surface area contributed by atoms with Crippen LogP contribution in [-0.4, -0.2) is 20.0 Å². The van der Waals surface area contributed by atoms with E-state index in [1.54, 1.807) is 0 Å². The first kappa shape index (κ1) is 19.7. The molecule has 0 bridgehead atoms. The minimum atomic E-state index is -4.36. The number of carbonyl (C=O) groups is 1. The van der Waals surface area contributed by atoms with Crippen molar-refractivity contribution in [1.29, 1.82) is 0 Å². The molecule has 0 saturated carbocycles. The van der Waals surface area contributed by atoms with Gasteiger partial charge in [-0.25, -0.2) is 0 Å². The predicted octanol–water partition coefficient (Wildman–Crippen LogP) is 2.68. The van der Waals surface area contributed by atoms with Crippen molar-refractivity contribution in [2.24, 2.45) is 0 Å². The molecule has 3 nitrogen and oxygen atoms in total. The van der Waals surface area contributed by atoms with Crippen molar-refractivity contribution in [1.82, 2.24) is 5.32 Å². The van der Waals surface area contributed by atoms with Gasteiger partial charge in [-0.2, -0.15) is 13.2 Å². The third-order valence-electron chi connectivity index (χ3n) is 3.71. The standard InChI is InChI=1S/C20H21F3N2O/c1-25(2)14-17-5-3-16(4-6-17)13-24-19(26)12-9-15-7-10-18(11-8-15)20(21,22)23/h3-12H,13-14H2,1-2H3,(H,24,26)/p+1/b12-9+. The highest BCUT2D eigenvalue weighted by molar-refractivity contribution is 5.91. The molecular weight excluding hydrogens is 341 g/mol. The van der Waals surface area contributed by atoms with Crippen molar-refractivity contribution >= 4 is 12.0 Å². The van der Waals surface area contributed by atoms with Gasteiger partial charge in [-0.3, -0.25) is 4.79 Å². The van der Waals surface area contributed by atoms with E-state index in [1.807, 2.05) is 24.3 Å². The zero-order valence-corrected chi connectivity index (χ0v) is 14.7. The fourth-order valence-electron chi connectivity index (χ4n) is 2.39. The fourth-order valence-corrected chi connectivity index (χ4v) is 2.39. The van der Waals surface area contributed by atoms with Crippen molar-refractivity contribution in [3.05, 3.63) is 76.9 Å². The Morgan fingerprint density at radius 2 is 1.58 bits per heavy atom. The highest BCUT2D eigenvalue weighted by Crippen LogP contribution is 2.29. The molecular formula is C20H22F3N2O+. The summed E-state index contributed by atoms with van der Waals surface area (Å²) in [5.41, 5.74) is 2.03. The van der Waals surface area contributed by atoms with E-state index < -0.39 is 11.7 Å². The Labute approximate surface area is 151 Å². The van der Waals surface area contributed by atoms with Gasteiger partial charge in [-0.15, -0.1) is 0 Å². The summed E-state index contributed by atoms with van der Waals surface area (Å²) in [6.07, 6.45) is -1.56. The Morgan fingerprint density at radius 1 is 1.00 bits per heavy atom. The Kier molecular flexibility index (Phi) is 6.58. The van der Waals surface area contributed by atoms with Gasteiger partial charge in [0.25, 0.3) is 0 Å². The summed E-state index contributed by atoms with van der Waals surface area (Å²) in [7, 11) is 4.16. The van der Waals surface area contributed by atoms with Crippen molar-refractivity contribution in [2.45, 2.75) is 19.3 Å². The molecule has 0 aliphatic heterocycles. The molecule has 2 rings (SSSR count). The number of rotatable bonds is 6. The van der Waals surface area contributed by atoms with Crippen LogP contribution in [-0.2, 0) is 24.1 Å². The molecule has 0 radical (unpaired) electrons. The van der Waals surface area contributed by atoms with Gasteiger partial charge in [0.15, 0.2) is 0 Å². The first-order valence-corrected chi connectivity index (χ1v) is 8.24. The molecule has 0 aliphatic carbocycles. The van der Waals surface area contributed by atoms with E-state index in [9.17, 15) is 18.0 Å². The lowest BCUT2D eigenvalue weighted by Gasteiger charge is -2.08. The minimum Gasteiger partial charge on any atom is -0.348 e. The molecule has 2 aromatic carbocycles. The van der Waals surface area contributed by atoms with E-state index in [4.69, 9.17) is 0 Å². The maximum atomic E-state index is 12.5. The summed E-state index contributed by atoms with van der Waals surface area (Å²) >= 11 is 0. The van der Waals surface area contributed by atoms with Crippen LogP contribution in [0, 0.1) is 0 Å². The molecule has 138 valence electrons. The highest BCUT2D eigenvalue weighted by atomic mass is 19.4. The normalized spacial score (nSPS) is 11.9. The van der Waals surface area contributed by atoms with Gasteiger partial charge in [0.2, 0.25) is 5.91 Å². The number of nitrogens with one attached hydrogen (secondary N) is 2. The average molecular weight is 363 g/mol. The number of alkyl halides is 3. The SMILES string of the molecule is C[NH+](C)Cc1ccc(CNC(=O)/C=C/c2ccc(C(F)(F)F)cc2)cc1. The van der Waals surface area contributed by atoms with Gasteiger partial charge >= 0.3 is 6.18 Å². The monoisotopic (exact) mass is 363 g/mol. The second-order valence-electron chi connectivity index (χ2n) is 6.37. The van der Waals surface area contributed by atoms with Gasteiger partial charge < -0.3 is 10.2 Å². The first-order valence-electron chi connectivity index (χ1n) is 8.24. The van der Waals surface area contributed by atoms with Gasteiger partial charge in [0, 0.05) is 18.2 Å². The highest BCUT2D eigenvalue weighted by Gasteiger charge is 2.29. The summed E-state index contributed by atoms with van der Waals surface area (Å²) in [5, 5.41) is 2.75. The maximum absolute atomic E-state index is 12.5. The predicted molar refractivity (Wildman–Crippen MR) is 95.3 cm³/mol. The van der Waals surface area contributed by atoms with Crippen LogP contribution in [0.15, 0.2) is 54.6 Å². The summed E-state index contributed by atoms with van der Waals surface area (Å²) in [4.78, 5) is 13.2. The lowest BCUT2D eigenvalue weighted by molar-refractivity contribution is -0.872. The van der Waals surface area contributed by atoms with Gasteiger partial charge in [0.1, 0.15) is 6.54 Å². The lowest BCUT2D eigenvalue weighted by atomic mass is 10.1. The molecule has 0 heterocycles. The van der Waals surface area contributed by atoms with Crippen LogP contribution in [0.3, 0.4) is 0 Å². The number of benzene rings is 2. The van der Waals surface area contributed by atoms with Crippen LogP contribution < -0.4 is 10.2 Å². The van der Waals surface area contributed by atoms with Crippen LogP contribution in [0.2, 0.25) is 0 Å². The van der Waals surface area contributed by atoms with Gasteiger partial charge in [-0.1, -0.05) is 36.4 Å². The molecule has 2 N–H and O–H groups in total. The van der Waals surface area contributed by atoms with E-state index in [2.05, 4.69) is 19.4 Å². The van der Waals surface area contributed by atoms with E-state index in [0.717, 1.165) is 24.2 Å². The van der Waals surface area contributed by atoms with Gasteiger partial charge in [-0.05, 0) is 29.3 Å². The number of carbonyl (C=O) groups excluding carboxylic acids is 1. The molecule has 1 amide bonds. The second kappa shape index (κ2) is 8.67. The van der Waals surface area contributed by atoms with E-state index in [1.165, 1.54) is 34.7 Å². The van der Waals surface area contributed by atoms with Gasteiger partial charge in [0.05, 0.1) is 19.7 Å². The van der Waals surface area contributed by atoms with Crippen LogP contribution in [0.25, 0.3) is 6.08 Å². The summed E-state index contributed by atoms with van der Waals surface area (Å²) in [6.45, 7) is 1.33. The number of hydrogen-bond acceptors (Lipinski definition) is 1. The molecule has 2 aromatic rings. The number of quaternary nitrogens is 1. The average Bonchev–Trinajstić information content (AvgIpc) is 2.58. The molecule has 0 spiro atoms. The quantitative estimate of drug-likeness (QED) is 0.761. The van der Waals surface area contributed by atoms with E-state index in [-0.39, 0.29) is 5.91 Å². The van der Waals surface area contributed by atoms with Crippen molar-refractivity contribution < 1.29 is 22.9 Å². The molecule has 26 heavy (non-hydrogen) atoms. The maximum Gasteiger partial charge on any atom is 0.416 e. The Balaban J connectivity index is 1.85. The van der Waals surface area contributed by atoms with Crippen LogP contribution >= 0.6 is 0 Å². The Hall–Kier alpha value is -2.60. The second-order valence-corrected chi connectivity index (χ2v) is 6.37. The Morgan fingerprint density at radius 3 is 2.12 bits per heavy atom. The van der Waals surface area contributed by atoms with E-state index in [0.29, 0.717) is 12.1 Å². The first-order chi connectivity index (χ1) is 12.2. The summed E-state index contributed by atoms with van der Waals surface area (Å²) in [5.74, 6) is -0.299.